The molecule has 0 aliphatic carbocycles. The molecule has 24 heavy (non-hydrogen) atoms. The normalized spacial score (nSPS) is 21.3. The van der Waals surface area contributed by atoms with Crippen LogP contribution in [-0.2, 0) is 4.79 Å². The van der Waals surface area contributed by atoms with E-state index in [1.807, 2.05) is 0 Å². The molecule has 1 aromatic rings. The summed E-state index contributed by atoms with van der Waals surface area (Å²) in [5.41, 5.74) is 0.165. The molecule has 2 aliphatic rings. The van der Waals surface area contributed by atoms with Gasteiger partial charge in [-0.3, -0.25) is 9.69 Å². The van der Waals surface area contributed by atoms with Crippen LogP contribution in [0.1, 0.15) is 44.2 Å². The van der Waals surface area contributed by atoms with Gasteiger partial charge >= 0.3 is 6.36 Å². The number of rotatable bonds is 4. The molecule has 0 saturated carbocycles. The number of hydrogen-bond acceptors (Lipinski definition) is 3. The van der Waals surface area contributed by atoms with Gasteiger partial charge in [0.05, 0.1) is 6.04 Å². The standard InChI is InChI=1S/C17H21F3N2O2/c1-12(13-5-2-6-14(11-13)24-17(18,19)20)21-15(23)16-7-3-9-22(16)10-4-8-16/h2,5-6,11-12H,3-4,7-10H2,1H3,(H,21,23). The molecule has 4 nitrogen and oxygen atoms in total. The summed E-state index contributed by atoms with van der Waals surface area (Å²) in [6, 6.07) is 5.37. The highest BCUT2D eigenvalue weighted by atomic mass is 19.4. The van der Waals surface area contributed by atoms with Gasteiger partial charge in [-0.15, -0.1) is 13.2 Å². The Balaban J connectivity index is 1.70. The second-order valence-corrected chi connectivity index (χ2v) is 6.54. The van der Waals surface area contributed by atoms with Crippen molar-refractivity contribution in [3.05, 3.63) is 29.8 Å². The molecule has 1 N–H and O–H groups in total. The van der Waals surface area contributed by atoms with Crippen molar-refractivity contribution < 1.29 is 22.7 Å². The van der Waals surface area contributed by atoms with Crippen LogP contribution in [0.25, 0.3) is 0 Å². The Hall–Kier alpha value is -1.76. The molecule has 1 atom stereocenters. The van der Waals surface area contributed by atoms with Gasteiger partial charge in [0, 0.05) is 0 Å². The first kappa shape index (κ1) is 17.1. The fourth-order valence-electron chi connectivity index (χ4n) is 3.87. The number of halogens is 3. The smallest absolute Gasteiger partial charge is 0.406 e. The minimum Gasteiger partial charge on any atom is -0.406 e. The van der Waals surface area contributed by atoms with Gasteiger partial charge < -0.3 is 10.1 Å². The van der Waals surface area contributed by atoms with Crippen molar-refractivity contribution in [2.24, 2.45) is 0 Å². The molecule has 0 spiro atoms. The number of amides is 1. The van der Waals surface area contributed by atoms with Crippen molar-refractivity contribution >= 4 is 5.91 Å². The molecule has 3 rings (SSSR count). The summed E-state index contributed by atoms with van der Waals surface area (Å²) in [7, 11) is 0. The fourth-order valence-corrected chi connectivity index (χ4v) is 3.87. The number of nitrogens with one attached hydrogen (secondary N) is 1. The summed E-state index contributed by atoms with van der Waals surface area (Å²) >= 11 is 0. The van der Waals surface area contributed by atoms with Crippen molar-refractivity contribution in [3.63, 3.8) is 0 Å². The van der Waals surface area contributed by atoms with Crippen molar-refractivity contribution in [2.45, 2.75) is 50.6 Å². The molecular formula is C17H21F3N2O2. The van der Waals surface area contributed by atoms with Gasteiger partial charge in [0.15, 0.2) is 0 Å². The number of nitrogens with zero attached hydrogens (tertiary/aromatic N) is 1. The maximum Gasteiger partial charge on any atom is 0.573 e. The number of fused-ring (bicyclic) bond motifs is 1. The van der Waals surface area contributed by atoms with Gasteiger partial charge in [0.25, 0.3) is 0 Å². The van der Waals surface area contributed by atoms with Gasteiger partial charge in [-0.25, -0.2) is 0 Å². The third-order valence-corrected chi connectivity index (χ3v) is 5.00. The minimum atomic E-state index is -4.72. The molecule has 2 fully saturated rings. The summed E-state index contributed by atoms with van der Waals surface area (Å²) < 4.78 is 41.0. The molecular weight excluding hydrogens is 321 g/mol. The predicted molar refractivity (Wildman–Crippen MR) is 82.5 cm³/mol. The molecule has 7 heteroatoms. The van der Waals surface area contributed by atoms with Crippen LogP contribution >= 0.6 is 0 Å². The third-order valence-electron chi connectivity index (χ3n) is 5.00. The van der Waals surface area contributed by atoms with Crippen LogP contribution in [0, 0.1) is 0 Å². The first-order valence-corrected chi connectivity index (χ1v) is 8.22. The van der Waals surface area contributed by atoms with Crippen molar-refractivity contribution in [1.82, 2.24) is 10.2 Å². The van der Waals surface area contributed by atoms with Gasteiger partial charge in [0.1, 0.15) is 11.3 Å². The number of hydrogen-bond donors (Lipinski definition) is 1. The molecule has 0 aromatic heterocycles. The molecule has 0 radical (unpaired) electrons. The zero-order valence-corrected chi connectivity index (χ0v) is 13.5. The summed E-state index contributed by atoms with van der Waals surface area (Å²) in [6.07, 6.45) is -1.00. The largest absolute Gasteiger partial charge is 0.573 e. The molecule has 1 aromatic carbocycles. The van der Waals surface area contributed by atoms with Crippen molar-refractivity contribution in [2.75, 3.05) is 13.1 Å². The zero-order chi connectivity index (χ0) is 17.4. The Labute approximate surface area is 139 Å². The Morgan fingerprint density at radius 3 is 2.58 bits per heavy atom. The van der Waals surface area contributed by atoms with Crippen LogP contribution in [0.15, 0.2) is 24.3 Å². The SMILES string of the molecule is CC(NC(=O)C12CCCN1CCC2)c1cccc(OC(F)(F)F)c1. The van der Waals surface area contributed by atoms with Crippen LogP contribution < -0.4 is 10.1 Å². The van der Waals surface area contributed by atoms with E-state index in [9.17, 15) is 18.0 Å². The summed E-state index contributed by atoms with van der Waals surface area (Å²) in [5, 5.41) is 2.97. The van der Waals surface area contributed by atoms with E-state index in [4.69, 9.17) is 0 Å². The maximum atomic E-state index is 12.8. The van der Waals surface area contributed by atoms with Crippen LogP contribution in [0.3, 0.4) is 0 Å². The van der Waals surface area contributed by atoms with E-state index in [1.54, 1.807) is 13.0 Å². The van der Waals surface area contributed by atoms with Crippen molar-refractivity contribution in [3.8, 4) is 5.75 Å². The fraction of sp³-hybridized carbons (Fsp3) is 0.588. The van der Waals surface area contributed by atoms with Crippen molar-refractivity contribution in [1.29, 1.82) is 0 Å². The lowest BCUT2D eigenvalue weighted by Gasteiger charge is -2.32. The lowest BCUT2D eigenvalue weighted by molar-refractivity contribution is -0.274. The monoisotopic (exact) mass is 342 g/mol. The highest BCUT2D eigenvalue weighted by molar-refractivity contribution is 5.87. The average Bonchev–Trinajstić information content (AvgIpc) is 3.06. The predicted octanol–water partition coefficient (Wildman–Crippen LogP) is 3.39. The highest BCUT2D eigenvalue weighted by Crippen LogP contribution is 2.39. The van der Waals surface area contributed by atoms with Gasteiger partial charge in [-0.05, 0) is 63.4 Å². The van der Waals surface area contributed by atoms with Crippen LogP contribution in [0.5, 0.6) is 5.75 Å². The van der Waals surface area contributed by atoms with E-state index < -0.39 is 11.9 Å². The number of ether oxygens (including phenoxy) is 1. The zero-order valence-electron chi connectivity index (χ0n) is 13.5. The molecule has 2 aliphatic heterocycles. The molecule has 1 amide bonds. The Morgan fingerprint density at radius 2 is 1.96 bits per heavy atom. The van der Waals surface area contributed by atoms with E-state index in [-0.39, 0.29) is 17.7 Å². The quantitative estimate of drug-likeness (QED) is 0.912. The number of carbonyl (C=O) groups excluding carboxylic acids is 1. The van der Waals surface area contributed by atoms with Gasteiger partial charge in [-0.1, -0.05) is 12.1 Å². The number of alkyl halides is 3. The van der Waals surface area contributed by atoms with E-state index in [2.05, 4.69) is 15.0 Å². The third kappa shape index (κ3) is 3.36. The average molecular weight is 342 g/mol. The summed E-state index contributed by atoms with van der Waals surface area (Å²) in [6.45, 7) is 3.66. The van der Waals surface area contributed by atoms with Crippen LogP contribution in [-0.4, -0.2) is 35.8 Å². The molecule has 1 unspecified atom stereocenters. The number of carbonyl (C=O) groups is 1. The first-order chi connectivity index (χ1) is 11.3. The Kier molecular flexibility index (Phi) is 4.46. The highest BCUT2D eigenvalue weighted by Gasteiger charge is 2.50. The maximum absolute atomic E-state index is 12.8. The Bertz CT molecular complexity index is 608. The summed E-state index contributed by atoms with van der Waals surface area (Å²) in [4.78, 5) is 15.0. The van der Waals surface area contributed by atoms with E-state index in [0.29, 0.717) is 5.56 Å². The summed E-state index contributed by atoms with van der Waals surface area (Å²) in [5.74, 6) is -0.297. The van der Waals surface area contributed by atoms with E-state index in [1.165, 1.54) is 18.2 Å². The molecule has 2 saturated heterocycles. The van der Waals surface area contributed by atoms with Crippen LogP contribution in [0.2, 0.25) is 0 Å². The lowest BCUT2D eigenvalue weighted by Crippen LogP contribution is -2.52. The lowest BCUT2D eigenvalue weighted by atomic mass is 9.92. The minimum absolute atomic E-state index is 0.0212. The van der Waals surface area contributed by atoms with Gasteiger partial charge in [0.2, 0.25) is 5.91 Å². The second-order valence-electron chi connectivity index (χ2n) is 6.54. The topological polar surface area (TPSA) is 41.6 Å². The second kappa shape index (κ2) is 6.27. The van der Waals surface area contributed by atoms with Gasteiger partial charge in [-0.2, -0.15) is 0 Å². The number of benzene rings is 1. The van der Waals surface area contributed by atoms with E-state index >= 15 is 0 Å². The molecule has 132 valence electrons. The van der Waals surface area contributed by atoms with E-state index in [0.717, 1.165) is 38.8 Å². The first-order valence-electron chi connectivity index (χ1n) is 8.22. The molecule has 0 bridgehead atoms. The molecule has 2 heterocycles. The van der Waals surface area contributed by atoms with Crippen LogP contribution in [0.4, 0.5) is 13.2 Å². The Morgan fingerprint density at radius 1 is 1.29 bits per heavy atom.